The van der Waals surface area contributed by atoms with Gasteiger partial charge in [-0.05, 0) is 49.4 Å². The highest BCUT2D eigenvalue weighted by atomic mass is 32.2. The van der Waals surface area contributed by atoms with Gasteiger partial charge in [0.2, 0.25) is 0 Å². The Balaban J connectivity index is 2.32. The van der Waals surface area contributed by atoms with Crippen molar-refractivity contribution in [2.24, 2.45) is 5.92 Å². The summed E-state index contributed by atoms with van der Waals surface area (Å²) in [6.07, 6.45) is 3.54. The molecule has 0 bridgehead atoms. The van der Waals surface area contributed by atoms with Gasteiger partial charge in [-0.2, -0.15) is 0 Å². The summed E-state index contributed by atoms with van der Waals surface area (Å²) in [6.45, 7) is 4.23. The molecular formula is C14H21NO2S. The van der Waals surface area contributed by atoms with Crippen LogP contribution in [0.3, 0.4) is 0 Å². The fraction of sp³-hybridized carbons (Fsp3) is 0.571. The molecule has 4 heteroatoms. The molecule has 1 heterocycles. The molecule has 0 saturated carbocycles. The van der Waals surface area contributed by atoms with E-state index in [2.05, 4.69) is 12.2 Å². The molecule has 0 spiro atoms. The summed E-state index contributed by atoms with van der Waals surface area (Å²) in [4.78, 5) is 0.496. The number of benzene rings is 1. The van der Waals surface area contributed by atoms with E-state index in [9.17, 15) is 8.42 Å². The molecule has 0 aliphatic carbocycles. The fourth-order valence-corrected chi connectivity index (χ4v) is 3.80. The van der Waals surface area contributed by atoms with Crippen LogP contribution in [0.25, 0.3) is 0 Å². The van der Waals surface area contributed by atoms with Crippen LogP contribution in [0.1, 0.15) is 31.2 Å². The summed E-state index contributed by atoms with van der Waals surface area (Å²) in [5, 5.41) is 3.35. The van der Waals surface area contributed by atoms with Crippen molar-refractivity contribution in [2.45, 2.75) is 30.6 Å². The highest BCUT2D eigenvalue weighted by Crippen LogP contribution is 2.33. The molecule has 1 fully saturated rings. The summed E-state index contributed by atoms with van der Waals surface area (Å²) in [5.41, 5.74) is 0.979. The molecule has 1 unspecified atom stereocenters. The molecule has 1 aromatic rings. The second kappa shape index (κ2) is 5.41. The molecule has 1 aliphatic heterocycles. The first kappa shape index (κ1) is 13.6. The number of rotatable bonds is 3. The van der Waals surface area contributed by atoms with E-state index in [0.29, 0.717) is 16.7 Å². The van der Waals surface area contributed by atoms with Gasteiger partial charge in [-0.15, -0.1) is 0 Å². The predicted molar refractivity (Wildman–Crippen MR) is 73.6 cm³/mol. The van der Waals surface area contributed by atoms with Crippen molar-refractivity contribution < 1.29 is 8.42 Å². The standard InChI is InChI=1S/C14H21NO2S/c1-11(12-7-9-15-10-8-12)13-5-3-4-6-14(13)18(2,16)17/h3-6,11-12,15H,7-10H2,1-2H3. The smallest absolute Gasteiger partial charge is 0.175 e. The Hall–Kier alpha value is -0.870. The highest BCUT2D eigenvalue weighted by molar-refractivity contribution is 7.90. The molecule has 0 radical (unpaired) electrons. The van der Waals surface area contributed by atoms with Crippen LogP contribution in [0, 0.1) is 5.92 Å². The van der Waals surface area contributed by atoms with Crippen molar-refractivity contribution in [3.63, 3.8) is 0 Å². The third-order valence-corrected chi connectivity index (χ3v) is 5.07. The van der Waals surface area contributed by atoms with Crippen LogP contribution in [0.15, 0.2) is 29.2 Å². The van der Waals surface area contributed by atoms with E-state index in [4.69, 9.17) is 0 Å². The quantitative estimate of drug-likeness (QED) is 0.913. The van der Waals surface area contributed by atoms with Gasteiger partial charge in [0.25, 0.3) is 0 Å². The zero-order valence-corrected chi connectivity index (χ0v) is 11.8. The minimum absolute atomic E-state index is 0.304. The maximum atomic E-state index is 11.8. The molecule has 1 aromatic carbocycles. The third kappa shape index (κ3) is 2.93. The topological polar surface area (TPSA) is 46.2 Å². The second-order valence-electron chi connectivity index (χ2n) is 5.19. The van der Waals surface area contributed by atoms with E-state index in [1.54, 1.807) is 12.1 Å². The van der Waals surface area contributed by atoms with Crippen LogP contribution in [0.2, 0.25) is 0 Å². The summed E-state index contributed by atoms with van der Waals surface area (Å²) in [7, 11) is -3.13. The molecular weight excluding hydrogens is 246 g/mol. The van der Waals surface area contributed by atoms with Gasteiger partial charge >= 0.3 is 0 Å². The van der Waals surface area contributed by atoms with Gasteiger partial charge in [-0.25, -0.2) is 8.42 Å². The van der Waals surface area contributed by atoms with Gasteiger partial charge in [0.1, 0.15) is 0 Å². The molecule has 1 N–H and O–H groups in total. The number of hydrogen-bond donors (Lipinski definition) is 1. The lowest BCUT2D eigenvalue weighted by Gasteiger charge is -2.29. The number of hydrogen-bond acceptors (Lipinski definition) is 3. The van der Waals surface area contributed by atoms with Crippen LogP contribution in [0.4, 0.5) is 0 Å². The Morgan fingerprint density at radius 2 is 1.83 bits per heavy atom. The molecule has 0 amide bonds. The third-order valence-electron chi connectivity index (χ3n) is 3.90. The molecule has 2 rings (SSSR count). The van der Waals surface area contributed by atoms with Crippen LogP contribution in [-0.2, 0) is 9.84 Å². The lowest BCUT2D eigenvalue weighted by Crippen LogP contribution is -2.30. The van der Waals surface area contributed by atoms with E-state index in [1.807, 2.05) is 12.1 Å². The van der Waals surface area contributed by atoms with Gasteiger partial charge in [-0.1, -0.05) is 25.1 Å². The Kier molecular flexibility index (Phi) is 4.07. The minimum Gasteiger partial charge on any atom is -0.317 e. The minimum atomic E-state index is -3.13. The molecule has 100 valence electrons. The normalized spacial score (nSPS) is 19.7. The maximum Gasteiger partial charge on any atom is 0.175 e. The van der Waals surface area contributed by atoms with Crippen molar-refractivity contribution >= 4 is 9.84 Å². The molecule has 1 atom stereocenters. The molecule has 0 aromatic heterocycles. The second-order valence-corrected chi connectivity index (χ2v) is 7.17. The van der Waals surface area contributed by atoms with Crippen molar-refractivity contribution in [3.05, 3.63) is 29.8 Å². The summed E-state index contributed by atoms with van der Waals surface area (Å²) in [6, 6.07) is 7.42. The van der Waals surface area contributed by atoms with Gasteiger partial charge in [0.05, 0.1) is 4.90 Å². The zero-order chi connectivity index (χ0) is 13.2. The van der Waals surface area contributed by atoms with E-state index in [-0.39, 0.29) is 0 Å². The lowest BCUT2D eigenvalue weighted by molar-refractivity contribution is 0.328. The average molecular weight is 267 g/mol. The molecule has 1 saturated heterocycles. The summed E-state index contributed by atoms with van der Waals surface area (Å²) in [5.74, 6) is 0.882. The number of sulfone groups is 1. The van der Waals surface area contributed by atoms with E-state index >= 15 is 0 Å². The Bertz CT molecular complexity index is 504. The van der Waals surface area contributed by atoms with Gasteiger partial charge in [0, 0.05) is 6.26 Å². The van der Waals surface area contributed by atoms with E-state index < -0.39 is 9.84 Å². The van der Waals surface area contributed by atoms with Crippen LogP contribution in [-0.4, -0.2) is 27.8 Å². The maximum absolute atomic E-state index is 11.8. The largest absolute Gasteiger partial charge is 0.317 e. The summed E-state index contributed by atoms with van der Waals surface area (Å²) < 4.78 is 23.7. The van der Waals surface area contributed by atoms with Gasteiger partial charge in [0.15, 0.2) is 9.84 Å². The van der Waals surface area contributed by atoms with Crippen molar-refractivity contribution in [1.29, 1.82) is 0 Å². The first-order chi connectivity index (χ1) is 8.50. The van der Waals surface area contributed by atoms with Crippen LogP contribution in [0.5, 0.6) is 0 Å². The summed E-state index contributed by atoms with van der Waals surface area (Å²) >= 11 is 0. The van der Waals surface area contributed by atoms with Crippen molar-refractivity contribution in [1.82, 2.24) is 5.32 Å². The SMILES string of the molecule is CC(c1ccccc1S(C)(=O)=O)C1CCNCC1. The number of piperidine rings is 1. The Labute approximate surface area is 110 Å². The monoisotopic (exact) mass is 267 g/mol. The zero-order valence-electron chi connectivity index (χ0n) is 11.0. The lowest BCUT2D eigenvalue weighted by atomic mass is 9.82. The van der Waals surface area contributed by atoms with Crippen molar-refractivity contribution in [2.75, 3.05) is 19.3 Å². The van der Waals surface area contributed by atoms with Crippen LogP contribution < -0.4 is 5.32 Å². The number of nitrogens with one attached hydrogen (secondary N) is 1. The van der Waals surface area contributed by atoms with Crippen molar-refractivity contribution in [3.8, 4) is 0 Å². The average Bonchev–Trinajstić information content (AvgIpc) is 2.38. The highest BCUT2D eigenvalue weighted by Gasteiger charge is 2.25. The van der Waals surface area contributed by atoms with E-state index in [1.165, 1.54) is 6.26 Å². The fourth-order valence-electron chi connectivity index (χ4n) is 2.79. The first-order valence-electron chi connectivity index (χ1n) is 6.50. The van der Waals surface area contributed by atoms with Crippen LogP contribution >= 0.6 is 0 Å². The molecule has 3 nitrogen and oxygen atoms in total. The van der Waals surface area contributed by atoms with Gasteiger partial charge in [-0.3, -0.25) is 0 Å². The Morgan fingerprint density at radius 3 is 2.44 bits per heavy atom. The molecule has 1 aliphatic rings. The van der Waals surface area contributed by atoms with E-state index in [0.717, 1.165) is 31.5 Å². The predicted octanol–water partition coefficient (Wildman–Crippen LogP) is 2.19. The molecule has 18 heavy (non-hydrogen) atoms. The Morgan fingerprint density at radius 1 is 1.22 bits per heavy atom. The van der Waals surface area contributed by atoms with Gasteiger partial charge < -0.3 is 5.32 Å². The first-order valence-corrected chi connectivity index (χ1v) is 8.39.